The lowest BCUT2D eigenvalue weighted by Gasteiger charge is -2.33. The van der Waals surface area contributed by atoms with E-state index >= 15 is 0 Å². The van der Waals surface area contributed by atoms with E-state index in [0.29, 0.717) is 6.54 Å². The highest BCUT2D eigenvalue weighted by Crippen LogP contribution is 2.24. The number of carboxylic acid groups (broad SMARTS) is 1. The Morgan fingerprint density at radius 2 is 2.02 bits per heavy atom. The first-order chi connectivity index (χ1) is 19.4. The first kappa shape index (κ1) is 30.5. The molecule has 1 aromatic carbocycles. The number of carboxylic acids is 1. The normalized spacial score (nSPS) is 17.6. The van der Waals surface area contributed by atoms with Crippen molar-refractivity contribution in [3.8, 4) is 5.69 Å². The minimum atomic E-state index is -0.946. The molecule has 1 amide bonds. The molecule has 1 unspecified atom stereocenters. The number of nitrogens with one attached hydrogen (secondary N) is 2. The highest BCUT2D eigenvalue weighted by Gasteiger charge is 2.28. The number of fused-ring (bicyclic) bond motifs is 1. The van der Waals surface area contributed by atoms with Crippen molar-refractivity contribution < 1.29 is 14.7 Å². The number of nitrogens with zero attached hydrogens (tertiary/aromatic N) is 4. The lowest BCUT2D eigenvalue weighted by Crippen LogP contribution is -2.44. The second kappa shape index (κ2) is 14.0. The number of likely N-dealkylation sites (tertiary alicyclic amines) is 1. The molecular formula is C31H41ClN6O3. The molecule has 1 saturated heterocycles. The third-order valence-electron chi connectivity index (χ3n) is 7.96. The SMILES string of the molecule is Cc1cc(C)n(-c2cccc(C(CC(=O)O)NC(=O)[C@@H]3CCCN(CCCc4ccc5c(n4)NCCC5)C3)c2)n1.Cl. The fourth-order valence-corrected chi connectivity index (χ4v) is 5.94. The van der Waals surface area contributed by atoms with Crippen LogP contribution in [-0.2, 0) is 22.4 Å². The van der Waals surface area contributed by atoms with E-state index in [1.165, 1.54) is 5.56 Å². The topological polar surface area (TPSA) is 112 Å². The largest absolute Gasteiger partial charge is 0.481 e. The summed E-state index contributed by atoms with van der Waals surface area (Å²) < 4.78 is 1.84. The van der Waals surface area contributed by atoms with Gasteiger partial charge in [0.15, 0.2) is 0 Å². The Morgan fingerprint density at radius 1 is 1.17 bits per heavy atom. The molecule has 2 atom stereocenters. The molecule has 0 saturated carbocycles. The van der Waals surface area contributed by atoms with Gasteiger partial charge in [-0.25, -0.2) is 9.67 Å². The van der Waals surface area contributed by atoms with Crippen LogP contribution in [-0.4, -0.2) is 62.8 Å². The zero-order valence-electron chi connectivity index (χ0n) is 23.9. The molecule has 220 valence electrons. The molecule has 10 heteroatoms. The van der Waals surface area contributed by atoms with E-state index in [1.807, 2.05) is 48.9 Å². The van der Waals surface area contributed by atoms with E-state index in [4.69, 9.17) is 4.98 Å². The molecule has 0 spiro atoms. The summed E-state index contributed by atoms with van der Waals surface area (Å²) in [4.78, 5) is 32.3. The quantitative estimate of drug-likeness (QED) is 0.320. The molecule has 2 aliphatic heterocycles. The number of hydrogen-bond donors (Lipinski definition) is 3. The average Bonchev–Trinajstić information content (AvgIpc) is 3.30. The molecule has 3 aromatic rings. The van der Waals surface area contributed by atoms with Crippen LogP contribution < -0.4 is 10.6 Å². The molecule has 1 fully saturated rings. The number of hydrogen-bond acceptors (Lipinski definition) is 6. The summed E-state index contributed by atoms with van der Waals surface area (Å²) in [6.07, 6.45) is 5.74. The zero-order chi connectivity index (χ0) is 28.1. The Balaban J connectivity index is 0.00000387. The van der Waals surface area contributed by atoms with Crippen molar-refractivity contribution in [3.63, 3.8) is 0 Å². The Kier molecular flexibility index (Phi) is 10.4. The maximum Gasteiger partial charge on any atom is 0.305 e. The van der Waals surface area contributed by atoms with Crippen LogP contribution >= 0.6 is 12.4 Å². The third-order valence-corrected chi connectivity index (χ3v) is 7.96. The molecule has 4 heterocycles. The van der Waals surface area contributed by atoms with Gasteiger partial charge in [-0.1, -0.05) is 18.2 Å². The van der Waals surface area contributed by atoms with E-state index in [9.17, 15) is 14.7 Å². The molecule has 0 bridgehead atoms. The lowest BCUT2D eigenvalue weighted by atomic mass is 9.95. The Morgan fingerprint density at radius 3 is 2.80 bits per heavy atom. The number of benzene rings is 1. The summed E-state index contributed by atoms with van der Waals surface area (Å²) in [5.41, 5.74) is 5.94. The number of piperidine rings is 1. The Labute approximate surface area is 248 Å². The maximum atomic E-state index is 13.4. The van der Waals surface area contributed by atoms with Crippen LogP contribution in [0.15, 0.2) is 42.5 Å². The number of aryl methyl sites for hydroxylation is 4. The molecule has 41 heavy (non-hydrogen) atoms. The monoisotopic (exact) mass is 580 g/mol. The molecule has 0 radical (unpaired) electrons. The van der Waals surface area contributed by atoms with E-state index in [-0.39, 0.29) is 30.7 Å². The van der Waals surface area contributed by atoms with Crippen LogP contribution in [0.1, 0.15) is 66.4 Å². The van der Waals surface area contributed by atoms with Gasteiger partial charge in [0.05, 0.1) is 29.8 Å². The Hall–Kier alpha value is -3.43. The van der Waals surface area contributed by atoms with Crippen LogP contribution in [0.3, 0.4) is 0 Å². The van der Waals surface area contributed by atoms with Crippen molar-refractivity contribution in [3.05, 3.63) is 70.7 Å². The van der Waals surface area contributed by atoms with Crippen LogP contribution in [0, 0.1) is 19.8 Å². The van der Waals surface area contributed by atoms with Crippen LogP contribution in [0.4, 0.5) is 5.82 Å². The van der Waals surface area contributed by atoms with Gasteiger partial charge in [0.2, 0.25) is 5.91 Å². The van der Waals surface area contributed by atoms with Gasteiger partial charge < -0.3 is 20.6 Å². The minimum Gasteiger partial charge on any atom is -0.481 e. The Bertz CT molecular complexity index is 1360. The summed E-state index contributed by atoms with van der Waals surface area (Å²) in [6.45, 7) is 7.50. The standard InChI is InChI=1S/C31H40N6O3.ClH/c1-21-17-22(2)37(35-21)27-11-3-7-24(18-27)28(19-29(38)39)34-31(40)25-9-5-15-36(20-25)16-6-10-26-13-12-23-8-4-14-32-30(23)33-26;/h3,7,11-13,17-18,25,28H,4-6,8-10,14-16,19-20H2,1-2H3,(H,32,33)(H,34,40)(H,38,39);1H/t25-,28?;/m1./s1. The van der Waals surface area contributed by atoms with Crippen molar-refractivity contribution in [1.29, 1.82) is 0 Å². The number of rotatable bonds is 10. The fraction of sp³-hybridized carbons (Fsp3) is 0.484. The second-order valence-corrected chi connectivity index (χ2v) is 11.2. The predicted molar refractivity (Wildman–Crippen MR) is 162 cm³/mol. The van der Waals surface area contributed by atoms with Gasteiger partial charge in [0.1, 0.15) is 5.82 Å². The number of anilines is 1. The van der Waals surface area contributed by atoms with Crippen LogP contribution in [0.25, 0.3) is 5.69 Å². The maximum absolute atomic E-state index is 13.4. The van der Waals surface area contributed by atoms with Crippen molar-refractivity contribution in [2.45, 2.75) is 64.8 Å². The molecule has 2 aromatic heterocycles. The van der Waals surface area contributed by atoms with Gasteiger partial charge in [0.25, 0.3) is 0 Å². The molecular weight excluding hydrogens is 540 g/mol. The van der Waals surface area contributed by atoms with Gasteiger partial charge in [0, 0.05) is 24.5 Å². The average molecular weight is 581 g/mol. The summed E-state index contributed by atoms with van der Waals surface area (Å²) in [6, 6.07) is 13.4. The summed E-state index contributed by atoms with van der Waals surface area (Å²) in [5.74, 6) is -0.141. The zero-order valence-corrected chi connectivity index (χ0v) is 24.8. The predicted octanol–water partition coefficient (Wildman–Crippen LogP) is 4.64. The van der Waals surface area contributed by atoms with E-state index in [1.54, 1.807) is 0 Å². The van der Waals surface area contributed by atoms with Crippen molar-refractivity contribution in [2.24, 2.45) is 5.92 Å². The highest BCUT2D eigenvalue weighted by molar-refractivity contribution is 5.85. The smallest absolute Gasteiger partial charge is 0.305 e. The van der Waals surface area contributed by atoms with Crippen molar-refractivity contribution >= 4 is 30.1 Å². The minimum absolute atomic E-state index is 0. The molecule has 2 aliphatic rings. The molecule has 3 N–H and O–H groups in total. The van der Waals surface area contributed by atoms with Crippen LogP contribution in [0.5, 0.6) is 0 Å². The number of amides is 1. The number of aliphatic carboxylic acids is 1. The van der Waals surface area contributed by atoms with E-state index in [0.717, 1.165) is 92.3 Å². The summed E-state index contributed by atoms with van der Waals surface area (Å²) >= 11 is 0. The third kappa shape index (κ3) is 7.86. The summed E-state index contributed by atoms with van der Waals surface area (Å²) in [5, 5.41) is 20.6. The number of carbonyl (C=O) groups is 2. The number of halogens is 1. The molecule has 0 aliphatic carbocycles. The number of carbonyl (C=O) groups excluding carboxylic acids is 1. The highest BCUT2D eigenvalue weighted by atomic mass is 35.5. The molecule has 9 nitrogen and oxygen atoms in total. The molecule has 5 rings (SSSR count). The van der Waals surface area contributed by atoms with E-state index < -0.39 is 12.0 Å². The van der Waals surface area contributed by atoms with Gasteiger partial charge >= 0.3 is 5.97 Å². The van der Waals surface area contributed by atoms with Gasteiger partial charge in [-0.3, -0.25) is 9.59 Å². The second-order valence-electron chi connectivity index (χ2n) is 11.2. The number of aromatic nitrogens is 3. The summed E-state index contributed by atoms with van der Waals surface area (Å²) in [7, 11) is 0. The van der Waals surface area contributed by atoms with Crippen molar-refractivity contribution in [2.75, 3.05) is 31.5 Å². The lowest BCUT2D eigenvalue weighted by molar-refractivity contribution is -0.138. The fourth-order valence-electron chi connectivity index (χ4n) is 5.94. The van der Waals surface area contributed by atoms with E-state index in [2.05, 4.69) is 32.8 Å². The van der Waals surface area contributed by atoms with Crippen LogP contribution in [0.2, 0.25) is 0 Å². The first-order valence-electron chi connectivity index (χ1n) is 14.5. The van der Waals surface area contributed by atoms with Gasteiger partial charge in [-0.2, -0.15) is 5.10 Å². The van der Waals surface area contributed by atoms with Gasteiger partial charge in [-0.15, -0.1) is 12.4 Å². The van der Waals surface area contributed by atoms with Gasteiger partial charge in [-0.05, 0) is 101 Å². The van der Waals surface area contributed by atoms with Crippen molar-refractivity contribution in [1.82, 2.24) is 25.0 Å². The number of pyridine rings is 1. The first-order valence-corrected chi connectivity index (χ1v) is 14.5.